The molecule has 1 aromatic carbocycles. The first-order valence-electron chi connectivity index (χ1n) is 11.7. The van der Waals surface area contributed by atoms with Gasteiger partial charge in [0.15, 0.2) is 5.69 Å². The monoisotopic (exact) mass is 477 g/mol. The first kappa shape index (κ1) is 24.3. The normalized spacial score (nSPS) is 20.0. The lowest BCUT2D eigenvalue weighted by atomic mass is 10.0. The number of halogens is 3. The molecular formula is C24H30F3N5O2. The number of amides is 2. The number of para-hydroxylation sites is 1. The van der Waals surface area contributed by atoms with Crippen molar-refractivity contribution < 1.29 is 22.8 Å². The summed E-state index contributed by atoms with van der Waals surface area (Å²) in [5, 5.41) is 3.93. The molecule has 2 aliphatic heterocycles. The maximum absolute atomic E-state index is 14.0. The lowest BCUT2D eigenvalue weighted by molar-refractivity contribution is -0.143. The molecule has 184 valence electrons. The van der Waals surface area contributed by atoms with E-state index >= 15 is 0 Å². The van der Waals surface area contributed by atoms with Gasteiger partial charge < -0.3 is 9.80 Å². The fourth-order valence-corrected chi connectivity index (χ4v) is 4.79. The smallest absolute Gasteiger partial charge is 0.339 e. The van der Waals surface area contributed by atoms with Crippen molar-refractivity contribution in [1.29, 1.82) is 0 Å². The van der Waals surface area contributed by atoms with Crippen molar-refractivity contribution in [2.24, 2.45) is 0 Å². The Labute approximate surface area is 197 Å². The largest absolute Gasteiger partial charge is 0.434 e. The Bertz CT molecular complexity index is 1040. The highest BCUT2D eigenvalue weighted by molar-refractivity contribution is 5.95. The summed E-state index contributed by atoms with van der Waals surface area (Å²) in [5.74, 6) is -0.617. The Balaban J connectivity index is 1.45. The average Bonchev–Trinajstić information content (AvgIpc) is 3.25. The van der Waals surface area contributed by atoms with Gasteiger partial charge in [-0.3, -0.25) is 14.5 Å². The van der Waals surface area contributed by atoms with Crippen molar-refractivity contribution >= 4 is 11.8 Å². The standard InChI is InChI=1S/C24H30F3N5O2/c1-17-7-3-4-9-20(17)32-22(24(25,26)27)19(15-28-32)23(34)30-13-11-29(12-14-30)16-21(33)31-10-6-5-8-18(31)2/h3-4,7,9,15,18H,5-6,8,10-14,16H2,1-2H3. The van der Waals surface area contributed by atoms with Crippen molar-refractivity contribution in [2.45, 2.75) is 45.3 Å². The van der Waals surface area contributed by atoms with Crippen LogP contribution in [0.3, 0.4) is 0 Å². The van der Waals surface area contributed by atoms with Gasteiger partial charge in [0.1, 0.15) is 0 Å². The third-order valence-corrected chi connectivity index (χ3v) is 6.75. The number of nitrogens with zero attached hydrogens (tertiary/aromatic N) is 5. The summed E-state index contributed by atoms with van der Waals surface area (Å²) in [7, 11) is 0. The lowest BCUT2D eigenvalue weighted by Gasteiger charge is -2.38. The molecule has 0 N–H and O–H groups in total. The van der Waals surface area contributed by atoms with Crippen LogP contribution in [-0.2, 0) is 11.0 Å². The zero-order valence-corrected chi connectivity index (χ0v) is 19.5. The van der Waals surface area contributed by atoms with Crippen LogP contribution < -0.4 is 0 Å². The number of benzene rings is 1. The molecule has 10 heteroatoms. The number of rotatable bonds is 4. The third kappa shape index (κ3) is 4.96. The van der Waals surface area contributed by atoms with Crippen LogP contribution in [0.25, 0.3) is 5.69 Å². The van der Waals surface area contributed by atoms with E-state index in [0.29, 0.717) is 18.7 Å². The molecule has 1 atom stereocenters. The van der Waals surface area contributed by atoms with Gasteiger partial charge >= 0.3 is 6.18 Å². The second kappa shape index (κ2) is 9.77. The first-order chi connectivity index (χ1) is 16.2. The third-order valence-electron chi connectivity index (χ3n) is 6.75. The quantitative estimate of drug-likeness (QED) is 0.678. The summed E-state index contributed by atoms with van der Waals surface area (Å²) in [5.41, 5.74) is -0.619. The van der Waals surface area contributed by atoms with E-state index < -0.39 is 23.3 Å². The molecule has 0 spiro atoms. The van der Waals surface area contributed by atoms with Gasteiger partial charge in [-0.05, 0) is 44.7 Å². The summed E-state index contributed by atoms with van der Waals surface area (Å²) >= 11 is 0. The van der Waals surface area contributed by atoms with E-state index in [1.807, 2.05) is 9.80 Å². The van der Waals surface area contributed by atoms with Crippen LogP contribution in [0.5, 0.6) is 0 Å². The second-order valence-electron chi connectivity index (χ2n) is 9.10. The van der Waals surface area contributed by atoms with Gasteiger partial charge in [-0.1, -0.05) is 18.2 Å². The van der Waals surface area contributed by atoms with Crippen LogP contribution in [0.15, 0.2) is 30.5 Å². The predicted octanol–water partition coefficient (Wildman–Crippen LogP) is 3.36. The van der Waals surface area contributed by atoms with Crippen LogP contribution in [0.1, 0.15) is 47.8 Å². The molecule has 1 unspecified atom stereocenters. The molecule has 2 aromatic rings. The molecule has 2 aliphatic rings. The highest BCUT2D eigenvalue weighted by atomic mass is 19.4. The topological polar surface area (TPSA) is 61.7 Å². The number of hydrogen-bond donors (Lipinski definition) is 0. The van der Waals surface area contributed by atoms with E-state index in [1.54, 1.807) is 31.2 Å². The number of aromatic nitrogens is 2. The minimum atomic E-state index is -4.75. The van der Waals surface area contributed by atoms with E-state index in [0.717, 1.165) is 36.7 Å². The summed E-state index contributed by atoms with van der Waals surface area (Å²) in [6, 6.07) is 6.85. The predicted molar refractivity (Wildman–Crippen MR) is 121 cm³/mol. The molecule has 0 radical (unpaired) electrons. The van der Waals surface area contributed by atoms with Crippen LogP contribution in [-0.4, -0.2) is 81.6 Å². The average molecular weight is 478 g/mol. The van der Waals surface area contributed by atoms with E-state index in [9.17, 15) is 22.8 Å². The number of aryl methyl sites for hydroxylation is 1. The maximum Gasteiger partial charge on any atom is 0.434 e. The molecule has 1 aromatic heterocycles. The number of hydrogen-bond acceptors (Lipinski definition) is 4. The number of piperazine rings is 1. The van der Waals surface area contributed by atoms with Gasteiger partial charge in [0.05, 0.1) is 24.0 Å². The van der Waals surface area contributed by atoms with Gasteiger partial charge in [-0.15, -0.1) is 0 Å². The second-order valence-corrected chi connectivity index (χ2v) is 9.10. The highest BCUT2D eigenvalue weighted by Gasteiger charge is 2.42. The lowest BCUT2D eigenvalue weighted by Crippen LogP contribution is -2.53. The minimum absolute atomic E-state index is 0.0749. The Morgan fingerprint density at radius 1 is 1.06 bits per heavy atom. The zero-order valence-electron chi connectivity index (χ0n) is 19.5. The summed E-state index contributed by atoms with van der Waals surface area (Å²) in [6.45, 7) is 6.19. The van der Waals surface area contributed by atoms with Crippen molar-refractivity contribution in [1.82, 2.24) is 24.5 Å². The van der Waals surface area contributed by atoms with Crippen LogP contribution in [0.2, 0.25) is 0 Å². The Morgan fingerprint density at radius 2 is 1.76 bits per heavy atom. The van der Waals surface area contributed by atoms with Crippen molar-refractivity contribution in [3.8, 4) is 5.69 Å². The zero-order chi connectivity index (χ0) is 24.5. The fourth-order valence-electron chi connectivity index (χ4n) is 4.79. The summed E-state index contributed by atoms with van der Waals surface area (Å²) in [6.07, 6.45) is -0.595. The van der Waals surface area contributed by atoms with Crippen LogP contribution in [0.4, 0.5) is 13.2 Å². The Morgan fingerprint density at radius 3 is 2.41 bits per heavy atom. The molecule has 7 nitrogen and oxygen atoms in total. The highest BCUT2D eigenvalue weighted by Crippen LogP contribution is 2.35. The number of likely N-dealkylation sites (tertiary alicyclic amines) is 1. The molecular weight excluding hydrogens is 447 g/mol. The molecule has 2 fully saturated rings. The minimum Gasteiger partial charge on any atom is -0.339 e. The van der Waals surface area contributed by atoms with Gasteiger partial charge in [-0.25, -0.2) is 4.68 Å². The van der Waals surface area contributed by atoms with Crippen LogP contribution in [0, 0.1) is 6.92 Å². The van der Waals surface area contributed by atoms with E-state index in [-0.39, 0.29) is 37.3 Å². The van der Waals surface area contributed by atoms with Crippen molar-refractivity contribution in [2.75, 3.05) is 39.3 Å². The van der Waals surface area contributed by atoms with E-state index in [2.05, 4.69) is 12.0 Å². The first-order valence-corrected chi connectivity index (χ1v) is 11.7. The van der Waals surface area contributed by atoms with Crippen molar-refractivity contribution in [3.05, 3.63) is 47.3 Å². The summed E-state index contributed by atoms with van der Waals surface area (Å²) in [4.78, 5) is 31.1. The number of piperidine rings is 1. The maximum atomic E-state index is 14.0. The van der Waals surface area contributed by atoms with Crippen molar-refractivity contribution in [3.63, 3.8) is 0 Å². The van der Waals surface area contributed by atoms with Gasteiger partial charge in [-0.2, -0.15) is 18.3 Å². The molecule has 4 rings (SSSR count). The summed E-state index contributed by atoms with van der Waals surface area (Å²) < 4.78 is 42.9. The molecule has 34 heavy (non-hydrogen) atoms. The van der Waals surface area contributed by atoms with Gasteiger partial charge in [0, 0.05) is 38.8 Å². The van der Waals surface area contributed by atoms with Crippen LogP contribution >= 0.6 is 0 Å². The molecule has 2 amide bonds. The Kier molecular flexibility index (Phi) is 6.97. The number of carbonyl (C=O) groups is 2. The van der Waals surface area contributed by atoms with E-state index in [4.69, 9.17) is 0 Å². The van der Waals surface area contributed by atoms with Gasteiger partial charge in [0.2, 0.25) is 5.91 Å². The fraction of sp³-hybridized carbons (Fsp3) is 0.542. The SMILES string of the molecule is Cc1ccccc1-n1ncc(C(=O)N2CCN(CC(=O)N3CCCCC3C)CC2)c1C(F)(F)F. The molecule has 0 saturated carbocycles. The number of carbonyl (C=O) groups excluding carboxylic acids is 2. The van der Waals surface area contributed by atoms with Gasteiger partial charge in [0.25, 0.3) is 5.91 Å². The molecule has 0 bridgehead atoms. The molecule has 2 saturated heterocycles. The van der Waals surface area contributed by atoms with E-state index in [1.165, 1.54) is 4.90 Å². The molecule has 0 aliphatic carbocycles. The number of alkyl halides is 3. The Hall–Kier alpha value is -2.88. The molecule has 3 heterocycles.